The minimum Gasteiger partial charge on any atom is -0.454 e. The fourth-order valence-corrected chi connectivity index (χ4v) is 19.6. The van der Waals surface area contributed by atoms with E-state index in [0.29, 0.717) is 40.5 Å². The largest absolute Gasteiger partial charge is 0.454 e. The lowest BCUT2D eigenvalue weighted by atomic mass is 9.91. The van der Waals surface area contributed by atoms with E-state index in [-0.39, 0.29) is 0 Å². The fraction of sp³-hybridized carbons (Fsp3) is 0. The van der Waals surface area contributed by atoms with Crippen molar-refractivity contribution in [3.8, 4) is 102 Å². The Kier molecular flexibility index (Phi) is 14.2. The van der Waals surface area contributed by atoms with E-state index in [4.69, 9.17) is 38.7 Å². The average Bonchev–Trinajstić information content (AvgIpc) is 1.58. The second-order valence-corrected chi connectivity index (χ2v) is 31.4. The zero-order valence-electron chi connectivity index (χ0n) is 62.4. The molecule has 0 spiro atoms. The normalized spacial score (nSPS) is 12.1. The fourth-order valence-electron chi connectivity index (χ4n) is 18.5. The Morgan fingerprint density at radius 3 is 1.32 bits per heavy atom. The molecule has 0 atom stereocenters. The number of furan rings is 2. The third-order valence-corrected chi connectivity index (χ3v) is 24.9. The monoisotopic (exact) mass is 1510 g/mol. The van der Waals surface area contributed by atoms with Gasteiger partial charge in [-0.3, -0.25) is 0 Å². The van der Waals surface area contributed by atoms with Gasteiger partial charge >= 0.3 is 0 Å². The molecular formula is C106H60N8O2S. The highest BCUT2D eigenvalue weighted by molar-refractivity contribution is 7.25. The van der Waals surface area contributed by atoms with E-state index in [1.54, 1.807) is 11.3 Å². The maximum atomic E-state index is 7.27. The number of hydrogen-bond donors (Lipinski definition) is 0. The molecule has 0 radical (unpaired) electrons. The predicted octanol–water partition coefficient (Wildman–Crippen LogP) is 28.4. The first-order valence-corrected chi connectivity index (χ1v) is 40.2. The highest BCUT2D eigenvalue weighted by Gasteiger charge is 2.28. The van der Waals surface area contributed by atoms with Gasteiger partial charge in [0.05, 0.1) is 33.4 Å². The molecule has 0 aliphatic heterocycles. The van der Waals surface area contributed by atoms with Crippen LogP contribution < -0.4 is 0 Å². The second kappa shape index (κ2) is 25.5. The molecule has 0 fully saturated rings. The van der Waals surface area contributed by atoms with Gasteiger partial charge < -0.3 is 18.0 Å². The first kappa shape index (κ1) is 65.0. The van der Waals surface area contributed by atoms with Crippen LogP contribution in [-0.2, 0) is 0 Å². The van der Waals surface area contributed by atoms with Crippen LogP contribution >= 0.6 is 11.3 Å². The van der Waals surface area contributed by atoms with E-state index in [0.717, 1.165) is 176 Å². The third kappa shape index (κ3) is 10.1. The van der Waals surface area contributed by atoms with Gasteiger partial charge in [-0.05, 0) is 162 Å². The summed E-state index contributed by atoms with van der Waals surface area (Å²) in [6.45, 7) is 0. The smallest absolute Gasteiger partial charge is 0.164 e. The molecule has 7 heterocycles. The Balaban J connectivity index is 0.670. The van der Waals surface area contributed by atoms with Gasteiger partial charge in [0, 0.05) is 96.6 Å². The van der Waals surface area contributed by atoms with Gasteiger partial charge in [0.1, 0.15) is 11.2 Å². The summed E-state index contributed by atoms with van der Waals surface area (Å²) in [6, 6.07) is 130. The molecule has 542 valence electrons. The summed E-state index contributed by atoms with van der Waals surface area (Å²) >= 11 is 1.78. The van der Waals surface area contributed by atoms with Crippen LogP contribution in [-0.4, -0.2) is 39.0 Å². The first-order chi connectivity index (χ1) is 58.0. The van der Waals surface area contributed by atoms with Gasteiger partial charge in [-0.2, -0.15) is 0 Å². The molecule has 117 heavy (non-hydrogen) atoms. The molecule has 0 bridgehead atoms. The molecule has 0 saturated carbocycles. The first-order valence-electron chi connectivity index (χ1n) is 39.4. The summed E-state index contributed by atoms with van der Waals surface area (Å²) < 4.78 is 21.6. The maximum Gasteiger partial charge on any atom is 0.164 e. The van der Waals surface area contributed by atoms with Gasteiger partial charge in [-0.15, -0.1) is 11.3 Å². The molecule has 0 N–H and O–H groups in total. The van der Waals surface area contributed by atoms with Crippen LogP contribution in [0.3, 0.4) is 0 Å². The molecule has 25 aromatic rings. The van der Waals surface area contributed by atoms with Gasteiger partial charge in [0.15, 0.2) is 46.1 Å². The Morgan fingerprint density at radius 1 is 0.205 bits per heavy atom. The minimum absolute atomic E-state index is 0.527. The Morgan fingerprint density at radius 2 is 0.650 bits per heavy atom. The quantitative estimate of drug-likeness (QED) is 0.133. The van der Waals surface area contributed by atoms with Crippen molar-refractivity contribution in [2.75, 3.05) is 0 Å². The van der Waals surface area contributed by atoms with E-state index >= 15 is 0 Å². The van der Waals surface area contributed by atoms with Crippen LogP contribution in [0.2, 0.25) is 0 Å². The lowest BCUT2D eigenvalue weighted by Gasteiger charge is -2.15. The van der Waals surface area contributed by atoms with E-state index in [1.807, 2.05) is 18.2 Å². The number of hydrogen-bond acceptors (Lipinski definition) is 9. The molecular weight excluding hydrogens is 1450 g/mol. The van der Waals surface area contributed by atoms with Crippen LogP contribution in [0, 0.1) is 0 Å². The molecule has 10 nitrogen and oxygen atoms in total. The maximum absolute atomic E-state index is 7.27. The van der Waals surface area contributed by atoms with E-state index in [1.165, 1.54) is 36.3 Å². The van der Waals surface area contributed by atoms with Crippen molar-refractivity contribution in [1.29, 1.82) is 0 Å². The van der Waals surface area contributed by atoms with Crippen LogP contribution in [0.5, 0.6) is 0 Å². The van der Waals surface area contributed by atoms with E-state index < -0.39 is 0 Å². The summed E-state index contributed by atoms with van der Waals surface area (Å²) in [4.78, 5) is 33.3. The highest BCUT2D eigenvalue weighted by atomic mass is 32.1. The number of fused-ring (bicyclic) bond motifs is 19. The van der Waals surface area contributed by atoms with Crippen molar-refractivity contribution >= 4 is 162 Å². The third-order valence-electron chi connectivity index (χ3n) is 23.8. The van der Waals surface area contributed by atoms with Gasteiger partial charge in [-0.25, -0.2) is 29.9 Å². The highest BCUT2D eigenvalue weighted by Crippen LogP contribution is 2.49. The SMILES string of the molecule is c1ccc(-c2ccccc2-c2nc(-c3ccc4c(c3)sc3ccccc34)nc(-c3ccc(-n4c5ccccc5c5cc6c(-c7cc(-c8nc(-c9cccc%10ccccc9%10)nc(-c9ccc(-n%10c%11ccccc%11c%11cc%12ccccc%12cc%11%10)c%10oc%11ccccc%11c9%10)n8)cc8ccccc78)cccc6cc54)c4oc5ccccc5c34)n2)cc1. The zero-order valence-corrected chi connectivity index (χ0v) is 63.3. The average molecular weight is 1510 g/mol. The van der Waals surface area contributed by atoms with Crippen molar-refractivity contribution in [2.45, 2.75) is 0 Å². The van der Waals surface area contributed by atoms with Crippen molar-refractivity contribution < 1.29 is 8.83 Å². The number of para-hydroxylation sites is 4. The van der Waals surface area contributed by atoms with Crippen LogP contribution in [0.4, 0.5) is 0 Å². The number of nitrogens with zero attached hydrogens (tertiary/aromatic N) is 8. The molecule has 0 amide bonds. The molecule has 0 aliphatic carbocycles. The molecule has 25 rings (SSSR count). The van der Waals surface area contributed by atoms with E-state index in [9.17, 15) is 0 Å². The Hall–Kier alpha value is -15.6. The molecule has 11 heteroatoms. The number of benzene rings is 18. The summed E-state index contributed by atoms with van der Waals surface area (Å²) in [5, 5.41) is 19.5. The zero-order chi connectivity index (χ0) is 76.5. The number of aromatic nitrogens is 8. The summed E-state index contributed by atoms with van der Waals surface area (Å²) in [5.74, 6) is 3.32. The topological polar surface area (TPSA) is 113 Å². The van der Waals surface area contributed by atoms with Gasteiger partial charge in [0.25, 0.3) is 0 Å². The summed E-state index contributed by atoms with van der Waals surface area (Å²) in [5.41, 5.74) is 18.5. The minimum atomic E-state index is 0.527. The molecule has 0 aliphatic rings. The van der Waals surface area contributed by atoms with E-state index in [2.05, 4.69) is 355 Å². The Bertz CT molecular complexity index is 8560. The van der Waals surface area contributed by atoms with Gasteiger partial charge in [0.2, 0.25) is 0 Å². The van der Waals surface area contributed by atoms with Crippen molar-refractivity contribution in [1.82, 2.24) is 39.0 Å². The number of rotatable bonds is 10. The van der Waals surface area contributed by atoms with Crippen molar-refractivity contribution in [2.24, 2.45) is 0 Å². The molecule has 7 aromatic heterocycles. The second-order valence-electron chi connectivity index (χ2n) is 30.3. The van der Waals surface area contributed by atoms with Crippen LogP contribution in [0.15, 0.2) is 373 Å². The van der Waals surface area contributed by atoms with Crippen LogP contribution in [0.25, 0.3) is 253 Å². The van der Waals surface area contributed by atoms with Crippen molar-refractivity contribution in [3.63, 3.8) is 0 Å². The summed E-state index contributed by atoms with van der Waals surface area (Å²) in [6.07, 6.45) is 0. The Labute approximate surface area is 671 Å². The predicted molar refractivity (Wildman–Crippen MR) is 483 cm³/mol. The lowest BCUT2D eigenvalue weighted by Crippen LogP contribution is -2.02. The molecule has 18 aromatic carbocycles. The number of thiophene rings is 1. The standard InChI is InChI=1S/C106H60N8O2S/c1-2-24-61(25-3-1)69-33-10-11-38-77(69)103-107-101(67-48-49-76-75-37-16-21-47-95(75)117-96(76)59-67)108-105(111-103)81-50-53-90(100-97(81)79-39-14-19-45-93(79)116-100)114-88-44-18-13-36-74(88)86-60-83-66(58-92(86)114)31-23-41-72(83)84-56-68(54-65-29-7-9-34-71(65)84)102-109-104(78-42-22-30-62-26-6-8-32-70(62)78)112-106(110-102)82-51-52-89(99-98(82)80-40-15-20-46-94(80)115-99)113-87-43-17-12-35-73(87)85-55-63-27-4-5-28-64(63)57-91(85)113/h1-60H. The van der Waals surface area contributed by atoms with Gasteiger partial charge in [-0.1, -0.05) is 267 Å². The van der Waals surface area contributed by atoms with Crippen LogP contribution in [0.1, 0.15) is 0 Å². The molecule has 0 unspecified atom stereocenters. The molecule has 0 saturated heterocycles. The van der Waals surface area contributed by atoms with Crippen molar-refractivity contribution in [3.05, 3.63) is 364 Å². The summed E-state index contributed by atoms with van der Waals surface area (Å²) in [7, 11) is 0. The lowest BCUT2D eigenvalue weighted by molar-refractivity contribution is 0.666.